The monoisotopic (exact) mass is 194 g/mol. The van der Waals surface area contributed by atoms with E-state index in [1.165, 1.54) is 0 Å². The first-order valence-electron chi connectivity index (χ1n) is 4.72. The first-order valence-corrected chi connectivity index (χ1v) is 4.72. The van der Waals surface area contributed by atoms with Crippen LogP contribution in [-0.4, -0.2) is 15.8 Å². The molecule has 1 heterocycles. The number of rotatable bonds is 4. The zero-order chi connectivity index (χ0) is 10.7. The summed E-state index contributed by atoms with van der Waals surface area (Å²) in [6.45, 7) is 7.69. The number of anilines is 2. The van der Waals surface area contributed by atoms with E-state index in [1.54, 1.807) is 4.68 Å². The van der Waals surface area contributed by atoms with Gasteiger partial charge in [0, 0.05) is 13.1 Å². The Morgan fingerprint density at radius 3 is 2.79 bits per heavy atom. The van der Waals surface area contributed by atoms with Gasteiger partial charge in [-0.1, -0.05) is 6.08 Å². The van der Waals surface area contributed by atoms with Gasteiger partial charge in [0.2, 0.25) is 0 Å². The predicted octanol–water partition coefficient (Wildman–Crippen LogP) is 1.69. The van der Waals surface area contributed by atoms with Crippen LogP contribution in [0, 0.1) is 6.92 Å². The first-order chi connectivity index (χ1) is 6.56. The Morgan fingerprint density at radius 1 is 1.71 bits per heavy atom. The standard InChI is InChI=1S/C10H18N4/c1-5-6-7(2)12-10-9(11)8(3)13-14(10)4/h5,7,12H,1,6,11H2,2-4H3. The molecule has 0 fully saturated rings. The number of nitrogens with zero attached hydrogens (tertiary/aromatic N) is 2. The summed E-state index contributed by atoms with van der Waals surface area (Å²) in [5, 5.41) is 7.53. The smallest absolute Gasteiger partial charge is 0.147 e. The number of nitrogens with two attached hydrogens (primary N) is 1. The summed E-state index contributed by atoms with van der Waals surface area (Å²) in [6, 6.07) is 0.324. The second kappa shape index (κ2) is 4.17. The summed E-state index contributed by atoms with van der Waals surface area (Å²) in [5.41, 5.74) is 7.46. The molecule has 1 aromatic heterocycles. The third kappa shape index (κ3) is 2.07. The minimum absolute atomic E-state index is 0.324. The molecule has 0 aliphatic heterocycles. The van der Waals surface area contributed by atoms with Crippen molar-refractivity contribution in [3.63, 3.8) is 0 Å². The molecule has 0 aliphatic carbocycles. The molecule has 0 spiro atoms. The normalized spacial score (nSPS) is 12.5. The van der Waals surface area contributed by atoms with Crippen LogP contribution in [0.5, 0.6) is 0 Å². The maximum atomic E-state index is 5.88. The summed E-state index contributed by atoms with van der Waals surface area (Å²) >= 11 is 0. The average Bonchev–Trinajstić information content (AvgIpc) is 2.33. The summed E-state index contributed by atoms with van der Waals surface area (Å²) in [7, 11) is 1.88. The second-order valence-corrected chi connectivity index (χ2v) is 3.54. The minimum Gasteiger partial charge on any atom is -0.394 e. The van der Waals surface area contributed by atoms with Crippen LogP contribution in [0.15, 0.2) is 12.7 Å². The number of aromatic nitrogens is 2. The Labute approximate surface area is 84.8 Å². The lowest BCUT2D eigenvalue weighted by Crippen LogP contribution is -2.17. The van der Waals surface area contributed by atoms with Gasteiger partial charge in [-0.25, -0.2) is 0 Å². The van der Waals surface area contributed by atoms with Crippen molar-refractivity contribution < 1.29 is 0 Å². The zero-order valence-electron chi connectivity index (χ0n) is 9.04. The van der Waals surface area contributed by atoms with Crippen LogP contribution in [0.25, 0.3) is 0 Å². The highest BCUT2D eigenvalue weighted by atomic mass is 15.3. The molecule has 4 heteroatoms. The Hall–Kier alpha value is -1.45. The molecular formula is C10H18N4. The summed E-state index contributed by atoms with van der Waals surface area (Å²) in [6.07, 6.45) is 2.79. The van der Waals surface area contributed by atoms with E-state index in [9.17, 15) is 0 Å². The molecule has 0 saturated carbocycles. The topological polar surface area (TPSA) is 55.9 Å². The third-order valence-corrected chi connectivity index (χ3v) is 2.17. The van der Waals surface area contributed by atoms with Crippen molar-refractivity contribution in [3.05, 3.63) is 18.3 Å². The fourth-order valence-corrected chi connectivity index (χ4v) is 1.39. The van der Waals surface area contributed by atoms with E-state index in [2.05, 4.69) is 23.9 Å². The Morgan fingerprint density at radius 2 is 2.36 bits per heavy atom. The molecule has 0 saturated heterocycles. The van der Waals surface area contributed by atoms with Crippen molar-refractivity contribution in [1.29, 1.82) is 0 Å². The molecule has 0 aromatic carbocycles. The third-order valence-electron chi connectivity index (χ3n) is 2.17. The lowest BCUT2D eigenvalue weighted by atomic mass is 10.2. The largest absolute Gasteiger partial charge is 0.394 e. The van der Waals surface area contributed by atoms with Gasteiger partial charge < -0.3 is 11.1 Å². The molecule has 1 atom stereocenters. The molecule has 78 valence electrons. The van der Waals surface area contributed by atoms with Crippen LogP contribution in [0.1, 0.15) is 19.0 Å². The Bertz CT molecular complexity index is 327. The van der Waals surface area contributed by atoms with Crippen molar-refractivity contribution in [2.45, 2.75) is 26.3 Å². The summed E-state index contributed by atoms with van der Waals surface area (Å²) in [4.78, 5) is 0. The van der Waals surface area contributed by atoms with Crippen molar-refractivity contribution >= 4 is 11.5 Å². The van der Waals surface area contributed by atoms with Crippen LogP contribution in [0.2, 0.25) is 0 Å². The van der Waals surface area contributed by atoms with E-state index in [-0.39, 0.29) is 0 Å². The molecule has 0 aliphatic rings. The molecule has 1 unspecified atom stereocenters. The van der Waals surface area contributed by atoms with E-state index in [0.717, 1.165) is 23.6 Å². The highest BCUT2D eigenvalue weighted by molar-refractivity contribution is 5.64. The minimum atomic E-state index is 0.324. The van der Waals surface area contributed by atoms with Crippen molar-refractivity contribution in [2.75, 3.05) is 11.1 Å². The summed E-state index contributed by atoms with van der Waals surface area (Å²) in [5.74, 6) is 0.886. The lowest BCUT2D eigenvalue weighted by molar-refractivity contribution is 0.731. The van der Waals surface area contributed by atoms with Crippen LogP contribution in [0.3, 0.4) is 0 Å². The fraction of sp³-hybridized carbons (Fsp3) is 0.500. The number of hydrogen-bond acceptors (Lipinski definition) is 3. The van der Waals surface area contributed by atoms with Gasteiger partial charge in [0.05, 0.1) is 11.4 Å². The van der Waals surface area contributed by atoms with Gasteiger partial charge in [0.15, 0.2) is 0 Å². The summed E-state index contributed by atoms with van der Waals surface area (Å²) < 4.78 is 1.77. The number of hydrogen-bond donors (Lipinski definition) is 2. The van der Waals surface area contributed by atoms with Gasteiger partial charge >= 0.3 is 0 Å². The number of nitrogen functional groups attached to an aromatic ring is 1. The highest BCUT2D eigenvalue weighted by Crippen LogP contribution is 2.21. The van der Waals surface area contributed by atoms with Crippen LogP contribution in [0.4, 0.5) is 11.5 Å². The molecule has 0 radical (unpaired) electrons. The maximum Gasteiger partial charge on any atom is 0.147 e. The van der Waals surface area contributed by atoms with Gasteiger partial charge in [-0.3, -0.25) is 4.68 Å². The number of aryl methyl sites for hydroxylation is 2. The molecule has 1 rings (SSSR count). The van der Waals surface area contributed by atoms with Gasteiger partial charge in [-0.15, -0.1) is 6.58 Å². The van der Waals surface area contributed by atoms with Crippen molar-refractivity contribution in [2.24, 2.45) is 7.05 Å². The lowest BCUT2D eigenvalue weighted by Gasteiger charge is -2.13. The van der Waals surface area contributed by atoms with Gasteiger partial charge in [-0.05, 0) is 20.3 Å². The van der Waals surface area contributed by atoms with Crippen LogP contribution >= 0.6 is 0 Å². The number of nitrogens with one attached hydrogen (secondary N) is 1. The van der Waals surface area contributed by atoms with E-state index >= 15 is 0 Å². The van der Waals surface area contributed by atoms with Gasteiger partial charge in [0.1, 0.15) is 5.82 Å². The van der Waals surface area contributed by atoms with Crippen LogP contribution < -0.4 is 11.1 Å². The second-order valence-electron chi connectivity index (χ2n) is 3.54. The molecule has 1 aromatic rings. The molecule has 0 bridgehead atoms. The molecule has 3 N–H and O–H groups in total. The van der Waals surface area contributed by atoms with Crippen molar-refractivity contribution in [3.8, 4) is 0 Å². The molecule has 0 amide bonds. The maximum absolute atomic E-state index is 5.88. The fourth-order valence-electron chi connectivity index (χ4n) is 1.39. The zero-order valence-corrected chi connectivity index (χ0v) is 9.04. The van der Waals surface area contributed by atoms with Crippen LogP contribution in [-0.2, 0) is 7.05 Å². The predicted molar refractivity (Wildman–Crippen MR) is 60.3 cm³/mol. The Balaban J connectivity index is 2.80. The van der Waals surface area contributed by atoms with E-state index in [0.29, 0.717) is 6.04 Å². The van der Waals surface area contributed by atoms with Gasteiger partial charge in [-0.2, -0.15) is 5.10 Å². The van der Waals surface area contributed by atoms with E-state index < -0.39 is 0 Å². The van der Waals surface area contributed by atoms with E-state index in [1.807, 2.05) is 20.0 Å². The SMILES string of the molecule is C=CCC(C)Nc1c(N)c(C)nn1C. The molecule has 14 heavy (non-hydrogen) atoms. The van der Waals surface area contributed by atoms with Gasteiger partial charge in [0.25, 0.3) is 0 Å². The van der Waals surface area contributed by atoms with E-state index in [4.69, 9.17) is 5.73 Å². The van der Waals surface area contributed by atoms with Crippen molar-refractivity contribution in [1.82, 2.24) is 9.78 Å². The quantitative estimate of drug-likeness (QED) is 0.717. The first kappa shape index (κ1) is 10.6. The molecule has 4 nitrogen and oxygen atoms in total. The average molecular weight is 194 g/mol. The molecular weight excluding hydrogens is 176 g/mol. The Kier molecular flexibility index (Phi) is 3.17. The highest BCUT2D eigenvalue weighted by Gasteiger charge is 2.11.